The van der Waals surface area contributed by atoms with E-state index in [0.29, 0.717) is 24.7 Å². The van der Waals surface area contributed by atoms with Gasteiger partial charge < -0.3 is 14.9 Å². The highest BCUT2D eigenvalue weighted by atomic mass is 16.5. The van der Waals surface area contributed by atoms with Gasteiger partial charge in [-0.25, -0.2) is 0 Å². The van der Waals surface area contributed by atoms with Crippen molar-refractivity contribution in [2.24, 2.45) is 0 Å². The van der Waals surface area contributed by atoms with Crippen LogP contribution in [0.25, 0.3) is 0 Å². The Morgan fingerprint density at radius 3 is 2.62 bits per heavy atom. The van der Waals surface area contributed by atoms with Gasteiger partial charge in [-0.1, -0.05) is 35.5 Å². The van der Waals surface area contributed by atoms with Crippen LogP contribution >= 0.6 is 0 Å². The molecule has 0 amide bonds. The predicted molar refractivity (Wildman–Crippen MR) is 76.8 cm³/mol. The van der Waals surface area contributed by atoms with Crippen molar-refractivity contribution >= 4 is 0 Å². The van der Waals surface area contributed by atoms with E-state index in [9.17, 15) is 5.11 Å². The second-order valence-corrected chi connectivity index (χ2v) is 6.18. The average molecular weight is 285 g/mol. The molecule has 5 nitrogen and oxygen atoms in total. The van der Waals surface area contributed by atoms with Crippen LogP contribution in [-0.4, -0.2) is 28.3 Å². The first-order valence-electron chi connectivity index (χ1n) is 7.56. The van der Waals surface area contributed by atoms with Crippen molar-refractivity contribution in [1.82, 2.24) is 15.5 Å². The fourth-order valence-corrected chi connectivity index (χ4v) is 3.20. The monoisotopic (exact) mass is 285 g/mol. The molecule has 1 unspecified atom stereocenters. The number of piperidine rings is 1. The number of aromatic nitrogens is 2. The first-order valence-corrected chi connectivity index (χ1v) is 7.56. The number of nitrogens with zero attached hydrogens (tertiary/aromatic N) is 2. The molecule has 1 aromatic carbocycles. The van der Waals surface area contributed by atoms with Gasteiger partial charge in [-0.3, -0.25) is 0 Å². The second kappa shape index (κ2) is 4.64. The molecule has 21 heavy (non-hydrogen) atoms. The van der Waals surface area contributed by atoms with Gasteiger partial charge in [0.15, 0.2) is 11.4 Å². The third-order valence-corrected chi connectivity index (χ3v) is 4.69. The van der Waals surface area contributed by atoms with Gasteiger partial charge in [-0.05, 0) is 37.8 Å². The standard InChI is InChI=1S/C16H19N3O2/c20-16(7-4-10-17-11-16)14-18-13(19-21-14)15(8-9-15)12-5-2-1-3-6-12/h1-3,5-6,17,20H,4,7-11H2. The summed E-state index contributed by atoms with van der Waals surface area (Å²) in [6.07, 6.45) is 3.65. The van der Waals surface area contributed by atoms with Crippen molar-refractivity contribution in [2.45, 2.75) is 36.7 Å². The van der Waals surface area contributed by atoms with Crippen LogP contribution in [0.3, 0.4) is 0 Å². The zero-order valence-corrected chi connectivity index (χ0v) is 11.9. The van der Waals surface area contributed by atoms with E-state index in [4.69, 9.17) is 4.52 Å². The fourth-order valence-electron chi connectivity index (χ4n) is 3.20. The fraction of sp³-hybridized carbons (Fsp3) is 0.500. The summed E-state index contributed by atoms with van der Waals surface area (Å²) in [6.45, 7) is 1.41. The Bertz CT molecular complexity index is 628. The van der Waals surface area contributed by atoms with E-state index < -0.39 is 5.60 Å². The number of hydrogen-bond acceptors (Lipinski definition) is 5. The lowest BCUT2D eigenvalue weighted by molar-refractivity contribution is -0.0167. The lowest BCUT2D eigenvalue weighted by Crippen LogP contribution is -2.43. The molecule has 5 heteroatoms. The summed E-state index contributed by atoms with van der Waals surface area (Å²) in [5, 5.41) is 18.0. The largest absolute Gasteiger partial charge is 0.379 e. The molecular formula is C16H19N3O2. The Balaban J connectivity index is 1.66. The van der Waals surface area contributed by atoms with E-state index in [0.717, 1.165) is 25.8 Å². The first kappa shape index (κ1) is 13.0. The van der Waals surface area contributed by atoms with Crippen LogP contribution < -0.4 is 5.32 Å². The van der Waals surface area contributed by atoms with Gasteiger partial charge in [0.25, 0.3) is 5.89 Å². The summed E-state index contributed by atoms with van der Waals surface area (Å²) in [4.78, 5) is 4.55. The van der Waals surface area contributed by atoms with Crippen LogP contribution in [-0.2, 0) is 11.0 Å². The van der Waals surface area contributed by atoms with Crippen LogP contribution in [0.2, 0.25) is 0 Å². The SMILES string of the molecule is OC1(c2nc(C3(c4ccccc4)CC3)no2)CCCNC1. The molecule has 2 aromatic rings. The molecule has 1 saturated heterocycles. The number of benzene rings is 1. The smallest absolute Gasteiger partial charge is 0.259 e. The third-order valence-electron chi connectivity index (χ3n) is 4.69. The second-order valence-electron chi connectivity index (χ2n) is 6.18. The average Bonchev–Trinajstić information content (AvgIpc) is 3.18. The van der Waals surface area contributed by atoms with Crippen LogP contribution in [0, 0.1) is 0 Å². The molecule has 1 saturated carbocycles. The van der Waals surface area contributed by atoms with Crippen molar-refractivity contribution < 1.29 is 9.63 Å². The summed E-state index contributed by atoms with van der Waals surface area (Å²) in [5.74, 6) is 1.06. The van der Waals surface area contributed by atoms with E-state index in [1.54, 1.807) is 0 Å². The molecule has 2 aliphatic rings. The van der Waals surface area contributed by atoms with E-state index >= 15 is 0 Å². The maximum atomic E-state index is 10.7. The quantitative estimate of drug-likeness (QED) is 0.898. The van der Waals surface area contributed by atoms with E-state index in [2.05, 4.69) is 27.6 Å². The molecule has 1 aromatic heterocycles. The van der Waals surface area contributed by atoms with Crippen LogP contribution in [0.1, 0.15) is 43.0 Å². The third kappa shape index (κ3) is 2.08. The van der Waals surface area contributed by atoms with Crippen LogP contribution in [0.15, 0.2) is 34.9 Å². The van der Waals surface area contributed by atoms with Gasteiger partial charge in [0, 0.05) is 6.54 Å². The number of β-amino-alcohol motifs (C(OH)–C–C–N with tert-alkyl or cyclic N) is 1. The molecule has 110 valence electrons. The van der Waals surface area contributed by atoms with Crippen molar-refractivity contribution in [3.8, 4) is 0 Å². The summed E-state index contributed by atoms with van der Waals surface area (Å²) in [7, 11) is 0. The Morgan fingerprint density at radius 1 is 1.14 bits per heavy atom. The Labute approximate surface area is 123 Å². The molecule has 1 atom stereocenters. The molecule has 0 spiro atoms. The zero-order valence-electron chi connectivity index (χ0n) is 11.9. The van der Waals surface area contributed by atoms with E-state index in [-0.39, 0.29) is 5.41 Å². The van der Waals surface area contributed by atoms with Gasteiger partial charge in [0.05, 0.1) is 5.41 Å². The lowest BCUT2D eigenvalue weighted by atomic mass is 9.93. The first-order chi connectivity index (χ1) is 10.2. The normalized spacial score (nSPS) is 27.5. The topological polar surface area (TPSA) is 71.2 Å². The molecule has 1 aliphatic heterocycles. The van der Waals surface area contributed by atoms with E-state index in [1.165, 1.54) is 5.56 Å². The summed E-state index contributed by atoms with van der Waals surface area (Å²) in [6, 6.07) is 10.3. The molecule has 4 rings (SSSR count). The number of nitrogens with one attached hydrogen (secondary N) is 1. The number of rotatable bonds is 3. The summed E-state index contributed by atoms with van der Waals surface area (Å²) < 4.78 is 5.40. The Kier molecular flexibility index (Phi) is 2.87. The minimum absolute atomic E-state index is 0.110. The predicted octanol–water partition coefficient (Wildman–Crippen LogP) is 1.72. The van der Waals surface area contributed by atoms with Gasteiger partial charge in [0.1, 0.15) is 0 Å². The lowest BCUT2D eigenvalue weighted by Gasteiger charge is -2.28. The molecule has 1 aliphatic carbocycles. The zero-order chi connectivity index (χ0) is 14.3. The highest BCUT2D eigenvalue weighted by molar-refractivity contribution is 5.38. The Morgan fingerprint density at radius 2 is 1.95 bits per heavy atom. The van der Waals surface area contributed by atoms with Crippen molar-refractivity contribution in [3.05, 3.63) is 47.6 Å². The van der Waals surface area contributed by atoms with Gasteiger partial charge in [0.2, 0.25) is 0 Å². The number of hydrogen-bond donors (Lipinski definition) is 2. The molecular weight excluding hydrogens is 266 g/mol. The van der Waals surface area contributed by atoms with Crippen LogP contribution in [0.5, 0.6) is 0 Å². The summed E-state index contributed by atoms with van der Waals surface area (Å²) in [5.41, 5.74) is 0.101. The van der Waals surface area contributed by atoms with Gasteiger partial charge in [-0.15, -0.1) is 0 Å². The highest BCUT2D eigenvalue weighted by Crippen LogP contribution is 2.52. The molecule has 0 radical (unpaired) electrons. The van der Waals surface area contributed by atoms with E-state index in [1.807, 2.05) is 18.2 Å². The minimum atomic E-state index is -1.02. The van der Waals surface area contributed by atoms with Crippen LogP contribution in [0.4, 0.5) is 0 Å². The maximum Gasteiger partial charge on any atom is 0.259 e. The highest BCUT2D eigenvalue weighted by Gasteiger charge is 2.51. The molecule has 2 N–H and O–H groups in total. The van der Waals surface area contributed by atoms with Crippen molar-refractivity contribution in [3.63, 3.8) is 0 Å². The van der Waals surface area contributed by atoms with Crippen molar-refractivity contribution in [2.75, 3.05) is 13.1 Å². The molecule has 2 heterocycles. The van der Waals surface area contributed by atoms with Crippen molar-refractivity contribution in [1.29, 1.82) is 0 Å². The maximum absolute atomic E-state index is 10.7. The number of aliphatic hydroxyl groups is 1. The van der Waals surface area contributed by atoms with Gasteiger partial charge >= 0.3 is 0 Å². The molecule has 0 bridgehead atoms. The molecule has 2 fully saturated rings. The Hall–Kier alpha value is -1.72. The van der Waals surface area contributed by atoms with Gasteiger partial charge in [-0.2, -0.15) is 4.98 Å². The minimum Gasteiger partial charge on any atom is -0.379 e. The summed E-state index contributed by atoms with van der Waals surface area (Å²) >= 11 is 0.